The summed E-state index contributed by atoms with van der Waals surface area (Å²) in [6, 6.07) is 1.54. The molecule has 0 aliphatic rings. The van der Waals surface area contributed by atoms with Crippen LogP contribution in [0.4, 0.5) is 0 Å². The lowest BCUT2D eigenvalue weighted by molar-refractivity contribution is 0.0716. The van der Waals surface area contributed by atoms with Crippen molar-refractivity contribution in [3.05, 3.63) is 27.9 Å². The van der Waals surface area contributed by atoms with Gasteiger partial charge >= 0.3 is 0 Å². The van der Waals surface area contributed by atoms with Crippen molar-refractivity contribution in [1.82, 2.24) is 9.97 Å². The summed E-state index contributed by atoms with van der Waals surface area (Å²) in [5.74, 6) is 0.934. The Balaban J connectivity index is 2.50. The molecule has 0 bridgehead atoms. The van der Waals surface area contributed by atoms with Crippen molar-refractivity contribution in [3.63, 3.8) is 0 Å². The zero-order valence-corrected chi connectivity index (χ0v) is 10.7. The lowest BCUT2D eigenvalue weighted by atomic mass is 10.1. The minimum Gasteiger partial charge on any atom is -0.382 e. The number of hydrogen-bond donors (Lipinski definition) is 1. The molecule has 1 aromatic heterocycles. The minimum atomic E-state index is -0.101. The first kappa shape index (κ1) is 13.9. The van der Waals surface area contributed by atoms with Crippen molar-refractivity contribution in [2.45, 2.75) is 26.2 Å². The van der Waals surface area contributed by atoms with Crippen LogP contribution in [-0.2, 0) is 15.9 Å². The maximum absolute atomic E-state index is 11.4. The summed E-state index contributed by atoms with van der Waals surface area (Å²) < 4.78 is 10.2. The monoisotopic (exact) mass is 240 g/mol. The van der Waals surface area contributed by atoms with Gasteiger partial charge < -0.3 is 14.5 Å². The molecule has 5 nitrogen and oxygen atoms in total. The summed E-state index contributed by atoms with van der Waals surface area (Å²) in [5, 5.41) is 0. The molecule has 0 unspecified atom stereocenters. The molecule has 0 aliphatic heterocycles. The van der Waals surface area contributed by atoms with Gasteiger partial charge in [0.15, 0.2) is 0 Å². The van der Waals surface area contributed by atoms with Crippen LogP contribution in [0.25, 0.3) is 0 Å². The van der Waals surface area contributed by atoms with Gasteiger partial charge in [-0.05, 0) is 5.92 Å². The molecule has 1 N–H and O–H groups in total. The molecule has 5 heteroatoms. The SMILES string of the molecule is COCCOCCc1nc(C(C)C)cc(=O)[nH]1. The molecule has 0 spiro atoms. The van der Waals surface area contributed by atoms with Crippen LogP contribution >= 0.6 is 0 Å². The average molecular weight is 240 g/mol. The zero-order valence-electron chi connectivity index (χ0n) is 10.7. The summed E-state index contributed by atoms with van der Waals surface area (Å²) in [6.45, 7) is 5.70. The third kappa shape index (κ3) is 5.10. The van der Waals surface area contributed by atoms with Crippen LogP contribution in [0.5, 0.6) is 0 Å². The van der Waals surface area contributed by atoms with Gasteiger partial charge in [-0.2, -0.15) is 0 Å². The molecule has 0 aliphatic carbocycles. The van der Waals surface area contributed by atoms with Crippen LogP contribution < -0.4 is 5.56 Å². The molecule has 1 heterocycles. The Morgan fingerprint density at radius 2 is 2.12 bits per heavy atom. The smallest absolute Gasteiger partial charge is 0.251 e. The third-order valence-electron chi connectivity index (χ3n) is 2.32. The van der Waals surface area contributed by atoms with Crippen LogP contribution in [0.1, 0.15) is 31.3 Å². The lowest BCUT2D eigenvalue weighted by Gasteiger charge is -2.07. The highest BCUT2D eigenvalue weighted by Crippen LogP contribution is 2.08. The first-order valence-corrected chi connectivity index (χ1v) is 5.80. The second-order valence-corrected chi connectivity index (χ2v) is 4.13. The summed E-state index contributed by atoms with van der Waals surface area (Å²) in [7, 11) is 1.63. The van der Waals surface area contributed by atoms with Crippen molar-refractivity contribution in [1.29, 1.82) is 0 Å². The molecule has 1 rings (SSSR count). The van der Waals surface area contributed by atoms with Gasteiger partial charge in [0.05, 0.1) is 25.5 Å². The molecule has 0 radical (unpaired) electrons. The first-order valence-electron chi connectivity index (χ1n) is 5.80. The number of aromatic amines is 1. The molecular weight excluding hydrogens is 220 g/mol. The van der Waals surface area contributed by atoms with Crippen LogP contribution in [0.15, 0.2) is 10.9 Å². The molecule has 0 atom stereocenters. The van der Waals surface area contributed by atoms with E-state index in [0.717, 1.165) is 5.69 Å². The quantitative estimate of drug-likeness (QED) is 0.725. The van der Waals surface area contributed by atoms with Crippen LogP contribution in [0.2, 0.25) is 0 Å². The molecule has 0 saturated carbocycles. The minimum absolute atomic E-state index is 0.101. The van der Waals surface area contributed by atoms with E-state index in [1.54, 1.807) is 13.2 Å². The summed E-state index contributed by atoms with van der Waals surface area (Å²) in [6.07, 6.45) is 0.611. The zero-order chi connectivity index (χ0) is 12.7. The molecule has 96 valence electrons. The van der Waals surface area contributed by atoms with Crippen molar-refractivity contribution in [2.24, 2.45) is 0 Å². The highest BCUT2D eigenvalue weighted by molar-refractivity contribution is 5.06. The maximum Gasteiger partial charge on any atom is 0.251 e. The van der Waals surface area contributed by atoms with Gasteiger partial charge in [0, 0.05) is 19.6 Å². The van der Waals surface area contributed by atoms with E-state index in [1.165, 1.54) is 0 Å². The predicted molar refractivity (Wildman–Crippen MR) is 65.3 cm³/mol. The highest BCUT2D eigenvalue weighted by atomic mass is 16.5. The number of H-pyrrole nitrogens is 1. The van der Waals surface area contributed by atoms with Gasteiger partial charge in [0.1, 0.15) is 5.82 Å². The standard InChI is InChI=1S/C12H20N2O3/c1-9(2)10-8-12(15)14-11(13-10)4-5-17-7-6-16-3/h8-9H,4-7H2,1-3H3,(H,13,14,15). The van der Waals surface area contributed by atoms with Crippen molar-refractivity contribution in [2.75, 3.05) is 26.9 Å². The highest BCUT2D eigenvalue weighted by Gasteiger charge is 2.04. The Morgan fingerprint density at radius 1 is 1.35 bits per heavy atom. The lowest BCUT2D eigenvalue weighted by Crippen LogP contribution is -2.15. The maximum atomic E-state index is 11.4. The fourth-order valence-electron chi connectivity index (χ4n) is 1.36. The Kier molecular flexibility index (Phi) is 5.86. The molecule has 0 amide bonds. The van der Waals surface area contributed by atoms with Crippen LogP contribution in [0, 0.1) is 0 Å². The van der Waals surface area contributed by atoms with Gasteiger partial charge in [0.25, 0.3) is 5.56 Å². The summed E-state index contributed by atoms with van der Waals surface area (Å²) >= 11 is 0. The molecule has 17 heavy (non-hydrogen) atoms. The molecule has 0 saturated heterocycles. The Labute approximate surface area is 101 Å². The van der Waals surface area contributed by atoms with Gasteiger partial charge in [-0.1, -0.05) is 13.8 Å². The first-order chi connectivity index (χ1) is 8.13. The molecule has 0 aromatic carbocycles. The molecule has 0 fully saturated rings. The number of nitrogens with one attached hydrogen (secondary N) is 1. The molecular formula is C12H20N2O3. The van der Waals surface area contributed by atoms with Gasteiger partial charge in [0.2, 0.25) is 0 Å². The second-order valence-electron chi connectivity index (χ2n) is 4.13. The number of ether oxygens (including phenoxy) is 2. The number of nitrogens with zero attached hydrogens (tertiary/aromatic N) is 1. The van der Waals surface area contributed by atoms with Crippen molar-refractivity contribution >= 4 is 0 Å². The van der Waals surface area contributed by atoms with Gasteiger partial charge in [-0.3, -0.25) is 4.79 Å². The van der Waals surface area contributed by atoms with Crippen LogP contribution in [-0.4, -0.2) is 36.9 Å². The Morgan fingerprint density at radius 3 is 2.76 bits per heavy atom. The van der Waals surface area contributed by atoms with Gasteiger partial charge in [-0.15, -0.1) is 0 Å². The van der Waals surface area contributed by atoms with E-state index in [4.69, 9.17) is 9.47 Å². The Hall–Kier alpha value is -1.20. The largest absolute Gasteiger partial charge is 0.382 e. The number of methoxy groups -OCH3 is 1. The van der Waals surface area contributed by atoms with E-state index in [0.29, 0.717) is 32.1 Å². The van der Waals surface area contributed by atoms with E-state index in [2.05, 4.69) is 9.97 Å². The second kappa shape index (κ2) is 7.19. The summed E-state index contributed by atoms with van der Waals surface area (Å²) in [4.78, 5) is 18.5. The van der Waals surface area contributed by atoms with Crippen LogP contribution in [0.3, 0.4) is 0 Å². The van der Waals surface area contributed by atoms with E-state index < -0.39 is 0 Å². The van der Waals surface area contributed by atoms with E-state index in [1.807, 2.05) is 13.8 Å². The van der Waals surface area contributed by atoms with E-state index in [9.17, 15) is 4.79 Å². The van der Waals surface area contributed by atoms with Gasteiger partial charge in [-0.25, -0.2) is 4.98 Å². The Bertz CT molecular complexity index is 388. The third-order valence-corrected chi connectivity index (χ3v) is 2.32. The molecule has 1 aromatic rings. The number of aromatic nitrogens is 2. The van der Waals surface area contributed by atoms with E-state index in [-0.39, 0.29) is 11.5 Å². The van der Waals surface area contributed by atoms with Crippen molar-refractivity contribution in [3.8, 4) is 0 Å². The fraction of sp³-hybridized carbons (Fsp3) is 0.667. The summed E-state index contributed by atoms with van der Waals surface area (Å²) in [5.41, 5.74) is 0.719. The number of rotatable bonds is 7. The average Bonchev–Trinajstić information content (AvgIpc) is 2.28. The topological polar surface area (TPSA) is 64.2 Å². The van der Waals surface area contributed by atoms with Crippen molar-refractivity contribution < 1.29 is 9.47 Å². The normalized spacial score (nSPS) is 11.1. The fourth-order valence-corrected chi connectivity index (χ4v) is 1.36. The predicted octanol–water partition coefficient (Wildman–Crippen LogP) is 1.10. The number of hydrogen-bond acceptors (Lipinski definition) is 4. The van der Waals surface area contributed by atoms with E-state index >= 15 is 0 Å².